The second-order valence-electron chi connectivity index (χ2n) is 6.72. The molecule has 0 saturated carbocycles. The van der Waals surface area contributed by atoms with Crippen molar-refractivity contribution in [3.63, 3.8) is 0 Å². The van der Waals surface area contributed by atoms with Crippen LogP contribution in [0.3, 0.4) is 0 Å². The molecule has 130 valence electrons. The lowest BCUT2D eigenvalue weighted by Crippen LogP contribution is -2.28. The second-order valence-corrected chi connectivity index (χ2v) is 6.72. The number of nitrogens with zero attached hydrogens (tertiary/aromatic N) is 1. The van der Waals surface area contributed by atoms with Gasteiger partial charge in [-0.15, -0.1) is 0 Å². The largest absolute Gasteiger partial charge is 0.508 e. The molecule has 0 radical (unpaired) electrons. The van der Waals surface area contributed by atoms with Gasteiger partial charge < -0.3 is 5.11 Å². The Morgan fingerprint density at radius 1 is 0.741 bits per heavy atom. The first-order valence-electron chi connectivity index (χ1n) is 8.94. The summed E-state index contributed by atoms with van der Waals surface area (Å²) in [5.74, 6) is 0.151. The van der Waals surface area contributed by atoms with Crippen LogP contribution in [-0.4, -0.2) is 11.0 Å². The summed E-state index contributed by atoms with van der Waals surface area (Å²) < 4.78 is 0. The lowest BCUT2D eigenvalue weighted by molar-refractivity contribution is 0.0993. The Hall–Kier alpha value is -3.59. The smallest absolute Gasteiger partial charge is 0.259 e. The highest BCUT2D eigenvalue weighted by Crippen LogP contribution is 2.46. The molecule has 3 heteroatoms. The standard InChI is InChI=1S/C24H17NO2/c26-21-15-14-16-8-4-5-11-18(16)22(21)23-19-12-6-7-13-20(19)24(27)25(23)17-9-2-1-3-10-17/h1-15,23,26H. The normalized spacial score (nSPS) is 15.9. The van der Waals surface area contributed by atoms with Crippen molar-refractivity contribution in [2.45, 2.75) is 6.04 Å². The minimum absolute atomic E-state index is 0.0471. The number of aromatic hydroxyl groups is 1. The lowest BCUT2D eigenvalue weighted by atomic mass is 9.92. The maximum absolute atomic E-state index is 13.3. The molecule has 0 aromatic heterocycles. The molecule has 4 aromatic rings. The van der Waals surface area contributed by atoms with Crippen molar-refractivity contribution in [3.05, 3.63) is 108 Å². The van der Waals surface area contributed by atoms with Gasteiger partial charge in [0.25, 0.3) is 5.91 Å². The summed E-state index contributed by atoms with van der Waals surface area (Å²) in [6.07, 6.45) is 0. The quantitative estimate of drug-likeness (QED) is 0.533. The fourth-order valence-corrected chi connectivity index (χ4v) is 4.03. The second kappa shape index (κ2) is 5.99. The van der Waals surface area contributed by atoms with E-state index in [1.54, 1.807) is 11.0 Å². The summed E-state index contributed by atoms with van der Waals surface area (Å²) in [4.78, 5) is 15.1. The molecule has 3 nitrogen and oxygen atoms in total. The Balaban J connectivity index is 1.83. The number of para-hydroxylation sites is 1. The topological polar surface area (TPSA) is 40.5 Å². The van der Waals surface area contributed by atoms with Crippen LogP contribution in [0.15, 0.2) is 91.0 Å². The molecule has 0 saturated heterocycles. The molecule has 5 rings (SSSR count). The first-order valence-corrected chi connectivity index (χ1v) is 8.94. The van der Waals surface area contributed by atoms with E-state index in [0.29, 0.717) is 5.56 Å². The fourth-order valence-electron chi connectivity index (χ4n) is 4.03. The SMILES string of the molecule is O=C1c2ccccc2C(c2c(O)ccc3ccccc23)N1c1ccccc1. The number of anilines is 1. The zero-order chi connectivity index (χ0) is 18.4. The van der Waals surface area contributed by atoms with Crippen molar-refractivity contribution in [1.82, 2.24) is 0 Å². The summed E-state index contributed by atoms with van der Waals surface area (Å²) in [7, 11) is 0. The van der Waals surface area contributed by atoms with Crippen LogP contribution in [0.2, 0.25) is 0 Å². The molecule has 0 fully saturated rings. The Bertz CT molecular complexity index is 1170. The number of phenols is 1. The highest BCUT2D eigenvalue weighted by atomic mass is 16.3. The van der Waals surface area contributed by atoms with E-state index in [0.717, 1.165) is 27.6 Å². The molecule has 1 heterocycles. The molecule has 4 aromatic carbocycles. The number of hydrogen-bond acceptors (Lipinski definition) is 2. The third-order valence-electron chi connectivity index (χ3n) is 5.22. The van der Waals surface area contributed by atoms with Crippen molar-refractivity contribution in [3.8, 4) is 5.75 Å². The van der Waals surface area contributed by atoms with E-state index in [2.05, 4.69) is 0 Å². The molecule has 1 amide bonds. The summed E-state index contributed by atoms with van der Waals surface area (Å²) in [6, 6.07) is 28.5. The van der Waals surface area contributed by atoms with Crippen LogP contribution >= 0.6 is 0 Å². The van der Waals surface area contributed by atoms with Gasteiger partial charge in [-0.25, -0.2) is 0 Å². The molecule has 0 aliphatic carbocycles. The molecule has 1 unspecified atom stereocenters. The van der Waals surface area contributed by atoms with Crippen molar-refractivity contribution in [1.29, 1.82) is 0 Å². The molecule has 27 heavy (non-hydrogen) atoms. The maximum Gasteiger partial charge on any atom is 0.259 e. The van der Waals surface area contributed by atoms with Gasteiger partial charge in [-0.05, 0) is 40.6 Å². The fraction of sp³-hybridized carbons (Fsp3) is 0.0417. The average molecular weight is 351 g/mol. The predicted octanol–water partition coefficient (Wildman–Crippen LogP) is 5.30. The number of phenolic OH excluding ortho intramolecular Hbond substituents is 1. The number of amides is 1. The van der Waals surface area contributed by atoms with Crippen molar-refractivity contribution < 1.29 is 9.90 Å². The van der Waals surface area contributed by atoms with E-state index < -0.39 is 0 Å². The van der Waals surface area contributed by atoms with Crippen LogP contribution in [0.1, 0.15) is 27.5 Å². The average Bonchev–Trinajstić information content (AvgIpc) is 3.01. The molecule has 1 N–H and O–H groups in total. The molecule has 1 aliphatic heterocycles. The van der Waals surface area contributed by atoms with Gasteiger partial charge in [0, 0.05) is 16.8 Å². The van der Waals surface area contributed by atoms with Gasteiger partial charge in [-0.2, -0.15) is 0 Å². The summed E-state index contributed by atoms with van der Waals surface area (Å²) in [6.45, 7) is 0. The van der Waals surface area contributed by atoms with Crippen LogP contribution < -0.4 is 4.90 Å². The Kier molecular flexibility index (Phi) is 3.47. The van der Waals surface area contributed by atoms with Gasteiger partial charge in [0.2, 0.25) is 0 Å². The molecule has 0 bridgehead atoms. The maximum atomic E-state index is 13.3. The van der Waals surface area contributed by atoms with Gasteiger partial charge in [0.15, 0.2) is 0 Å². The first-order chi connectivity index (χ1) is 13.3. The number of carbonyl (C=O) groups is 1. The van der Waals surface area contributed by atoms with Gasteiger partial charge in [-0.1, -0.05) is 66.7 Å². The minimum atomic E-state index is -0.373. The van der Waals surface area contributed by atoms with E-state index >= 15 is 0 Å². The van der Waals surface area contributed by atoms with Crippen LogP contribution in [0.5, 0.6) is 5.75 Å². The van der Waals surface area contributed by atoms with E-state index in [9.17, 15) is 9.90 Å². The molecule has 0 spiro atoms. The summed E-state index contributed by atoms with van der Waals surface area (Å²) in [5.41, 5.74) is 3.17. The van der Waals surface area contributed by atoms with Gasteiger partial charge >= 0.3 is 0 Å². The van der Waals surface area contributed by atoms with Crippen LogP contribution in [0, 0.1) is 0 Å². The Morgan fingerprint density at radius 2 is 1.44 bits per heavy atom. The van der Waals surface area contributed by atoms with Crippen molar-refractivity contribution in [2.75, 3.05) is 4.90 Å². The molecular formula is C24H17NO2. The predicted molar refractivity (Wildman–Crippen MR) is 107 cm³/mol. The number of hydrogen-bond donors (Lipinski definition) is 1. The van der Waals surface area contributed by atoms with Gasteiger partial charge in [0.05, 0.1) is 6.04 Å². The van der Waals surface area contributed by atoms with E-state index in [4.69, 9.17) is 0 Å². The lowest BCUT2D eigenvalue weighted by Gasteiger charge is -2.27. The number of fused-ring (bicyclic) bond motifs is 2. The third-order valence-corrected chi connectivity index (χ3v) is 5.22. The number of rotatable bonds is 2. The van der Waals surface area contributed by atoms with Crippen molar-refractivity contribution in [2.24, 2.45) is 0 Å². The summed E-state index contributed by atoms with van der Waals surface area (Å²) >= 11 is 0. The Morgan fingerprint density at radius 3 is 2.30 bits per heavy atom. The monoisotopic (exact) mass is 351 g/mol. The number of benzene rings is 4. The third kappa shape index (κ3) is 2.32. The minimum Gasteiger partial charge on any atom is -0.508 e. The van der Waals surface area contributed by atoms with Crippen LogP contribution in [0.25, 0.3) is 10.8 Å². The zero-order valence-corrected chi connectivity index (χ0v) is 14.5. The van der Waals surface area contributed by atoms with Crippen molar-refractivity contribution >= 4 is 22.4 Å². The number of carbonyl (C=O) groups excluding carboxylic acids is 1. The van der Waals surface area contributed by atoms with Crippen LogP contribution in [0.4, 0.5) is 5.69 Å². The van der Waals surface area contributed by atoms with Crippen LogP contribution in [-0.2, 0) is 0 Å². The zero-order valence-electron chi connectivity index (χ0n) is 14.5. The molecule has 1 aliphatic rings. The highest BCUT2D eigenvalue weighted by Gasteiger charge is 2.40. The molecule has 1 atom stereocenters. The molecular weight excluding hydrogens is 334 g/mol. The summed E-state index contributed by atoms with van der Waals surface area (Å²) in [5, 5.41) is 12.8. The Labute approximate surface area is 157 Å². The van der Waals surface area contributed by atoms with Gasteiger partial charge in [0.1, 0.15) is 5.75 Å². The van der Waals surface area contributed by atoms with Gasteiger partial charge in [-0.3, -0.25) is 9.69 Å². The van der Waals surface area contributed by atoms with E-state index in [1.165, 1.54) is 0 Å². The van der Waals surface area contributed by atoms with E-state index in [-0.39, 0.29) is 17.7 Å². The first kappa shape index (κ1) is 15.6. The highest BCUT2D eigenvalue weighted by molar-refractivity contribution is 6.12. The van der Waals surface area contributed by atoms with E-state index in [1.807, 2.05) is 84.9 Å².